The lowest BCUT2D eigenvalue weighted by molar-refractivity contribution is 0.397. The fraction of sp³-hybridized carbons (Fsp3) is 0.467. The molecule has 0 fully saturated rings. The summed E-state index contributed by atoms with van der Waals surface area (Å²) >= 11 is 3.98. The zero-order chi connectivity index (χ0) is 12.3. The first kappa shape index (κ1) is 12.7. The second-order valence-corrected chi connectivity index (χ2v) is 6.14. The van der Waals surface area contributed by atoms with E-state index in [-0.39, 0.29) is 4.45 Å². The smallest absolute Gasteiger partial charge is 0.0996 e. The highest BCUT2D eigenvalue weighted by Crippen LogP contribution is 2.38. The Morgan fingerprint density at radius 1 is 1.06 bits per heavy atom. The summed E-state index contributed by atoms with van der Waals surface area (Å²) in [6, 6.07) is 10.8. The average molecular weight is 294 g/mol. The van der Waals surface area contributed by atoms with Crippen LogP contribution in [0.5, 0.6) is 0 Å². The topological polar surface area (TPSA) is 4.93 Å². The molecule has 0 saturated heterocycles. The number of alkyl halides is 1. The van der Waals surface area contributed by atoms with E-state index in [9.17, 15) is 0 Å². The molecule has 2 aromatic rings. The van der Waals surface area contributed by atoms with Gasteiger partial charge in [-0.25, -0.2) is 0 Å². The van der Waals surface area contributed by atoms with Crippen LogP contribution in [0.25, 0.3) is 10.9 Å². The molecule has 2 rings (SSSR count). The number of aromatic nitrogens is 1. The number of benzene rings is 1. The highest BCUT2D eigenvalue weighted by molar-refractivity contribution is 9.09. The molecule has 0 radical (unpaired) electrons. The number of hydrogen-bond donors (Lipinski definition) is 0. The van der Waals surface area contributed by atoms with Gasteiger partial charge in [0.05, 0.1) is 4.45 Å². The first-order valence-electron chi connectivity index (χ1n) is 6.47. The zero-order valence-electron chi connectivity index (χ0n) is 10.6. The summed E-state index contributed by atoms with van der Waals surface area (Å²) in [5, 5.41) is 1.32. The molecule has 1 heterocycles. The van der Waals surface area contributed by atoms with Gasteiger partial charge in [-0.2, -0.15) is 0 Å². The molecule has 2 heteroatoms. The normalized spacial score (nSPS) is 12.2. The molecule has 0 N–H and O–H groups in total. The summed E-state index contributed by atoms with van der Waals surface area (Å²) in [6.07, 6.45) is 6.93. The molecule has 1 nitrogen and oxygen atoms in total. The minimum atomic E-state index is 0.0829. The number of para-hydroxylation sites is 1. The van der Waals surface area contributed by atoms with Crippen LogP contribution in [0, 0.1) is 0 Å². The van der Waals surface area contributed by atoms with Gasteiger partial charge in [-0.1, -0.05) is 60.8 Å². The summed E-state index contributed by atoms with van der Waals surface area (Å²) in [5.74, 6) is 0. The summed E-state index contributed by atoms with van der Waals surface area (Å²) in [5.41, 5.74) is 1.33. The van der Waals surface area contributed by atoms with Gasteiger partial charge in [0.15, 0.2) is 0 Å². The molecule has 0 aliphatic rings. The quantitative estimate of drug-likeness (QED) is 0.660. The summed E-state index contributed by atoms with van der Waals surface area (Å²) in [4.78, 5) is 0. The lowest BCUT2D eigenvalue weighted by Gasteiger charge is -2.30. The van der Waals surface area contributed by atoms with E-state index in [1.165, 1.54) is 36.6 Å². The summed E-state index contributed by atoms with van der Waals surface area (Å²) < 4.78 is 2.48. The van der Waals surface area contributed by atoms with Crippen molar-refractivity contribution in [3.05, 3.63) is 36.5 Å². The van der Waals surface area contributed by atoms with E-state index in [0.717, 1.165) is 0 Å². The number of fused-ring (bicyclic) bond motifs is 1. The third kappa shape index (κ3) is 2.42. The fourth-order valence-corrected chi connectivity index (χ4v) is 3.67. The van der Waals surface area contributed by atoms with Crippen molar-refractivity contribution in [2.45, 2.75) is 44.0 Å². The molecule has 0 saturated carbocycles. The average Bonchev–Trinajstić information content (AvgIpc) is 2.74. The second-order valence-electron chi connectivity index (χ2n) is 4.66. The van der Waals surface area contributed by atoms with Gasteiger partial charge in [0.2, 0.25) is 0 Å². The van der Waals surface area contributed by atoms with Crippen LogP contribution in [0.15, 0.2) is 36.5 Å². The van der Waals surface area contributed by atoms with E-state index in [1.54, 1.807) is 0 Å². The predicted molar refractivity (Wildman–Crippen MR) is 78.7 cm³/mol. The van der Waals surface area contributed by atoms with Gasteiger partial charge >= 0.3 is 0 Å². The summed E-state index contributed by atoms with van der Waals surface area (Å²) in [7, 11) is 0. The fourth-order valence-electron chi connectivity index (χ4n) is 2.56. The lowest BCUT2D eigenvalue weighted by atomic mass is 10.1. The minimum absolute atomic E-state index is 0.0829. The Morgan fingerprint density at radius 3 is 2.35 bits per heavy atom. The van der Waals surface area contributed by atoms with Crippen molar-refractivity contribution in [2.24, 2.45) is 0 Å². The highest BCUT2D eigenvalue weighted by Gasteiger charge is 2.27. The maximum atomic E-state index is 3.98. The molecule has 0 aliphatic heterocycles. The van der Waals surface area contributed by atoms with Crippen molar-refractivity contribution in [2.75, 3.05) is 0 Å². The minimum Gasteiger partial charge on any atom is -0.332 e. The molecule has 17 heavy (non-hydrogen) atoms. The molecule has 0 amide bonds. The molecule has 0 spiro atoms. The van der Waals surface area contributed by atoms with Gasteiger partial charge in [-0.15, -0.1) is 0 Å². The van der Waals surface area contributed by atoms with Gasteiger partial charge in [0.25, 0.3) is 0 Å². The molecule has 0 unspecified atom stereocenters. The standard InChI is InChI=1S/C15H20BrN/c1-3-10-15(16,11-4-2)17-12-9-13-7-5-6-8-14(13)17/h5-9,12H,3-4,10-11H2,1-2H3. The Hall–Kier alpha value is -0.760. The van der Waals surface area contributed by atoms with Crippen LogP contribution in [0.2, 0.25) is 0 Å². The van der Waals surface area contributed by atoms with E-state index in [0.29, 0.717) is 0 Å². The van der Waals surface area contributed by atoms with Crippen LogP contribution < -0.4 is 0 Å². The van der Waals surface area contributed by atoms with Gasteiger partial charge in [-0.05, 0) is 30.4 Å². The zero-order valence-corrected chi connectivity index (χ0v) is 12.2. The first-order valence-corrected chi connectivity index (χ1v) is 7.26. The van der Waals surface area contributed by atoms with Gasteiger partial charge < -0.3 is 4.57 Å². The van der Waals surface area contributed by atoms with Crippen LogP contribution in [0.4, 0.5) is 0 Å². The van der Waals surface area contributed by atoms with Crippen LogP contribution in [-0.4, -0.2) is 4.57 Å². The molecule has 92 valence electrons. The van der Waals surface area contributed by atoms with Crippen molar-refractivity contribution in [1.29, 1.82) is 0 Å². The third-order valence-electron chi connectivity index (χ3n) is 3.30. The van der Waals surface area contributed by atoms with Crippen molar-refractivity contribution in [1.82, 2.24) is 4.57 Å². The van der Waals surface area contributed by atoms with Gasteiger partial charge in [0.1, 0.15) is 0 Å². The molecular formula is C15H20BrN. The van der Waals surface area contributed by atoms with E-state index in [1.807, 2.05) is 0 Å². The van der Waals surface area contributed by atoms with E-state index in [2.05, 4.69) is 70.9 Å². The number of nitrogens with zero attached hydrogens (tertiary/aromatic N) is 1. The maximum Gasteiger partial charge on any atom is 0.0996 e. The number of rotatable bonds is 5. The van der Waals surface area contributed by atoms with Crippen LogP contribution in [-0.2, 0) is 4.45 Å². The first-order chi connectivity index (χ1) is 8.21. The van der Waals surface area contributed by atoms with E-state index < -0.39 is 0 Å². The Kier molecular flexibility index (Phi) is 3.93. The summed E-state index contributed by atoms with van der Waals surface area (Å²) in [6.45, 7) is 4.49. The van der Waals surface area contributed by atoms with E-state index >= 15 is 0 Å². The van der Waals surface area contributed by atoms with Crippen molar-refractivity contribution in [3.63, 3.8) is 0 Å². The van der Waals surface area contributed by atoms with Crippen molar-refractivity contribution < 1.29 is 0 Å². The SMILES string of the molecule is CCCC(Br)(CCC)n1ccc2ccccc21. The van der Waals surface area contributed by atoms with Gasteiger partial charge in [0, 0.05) is 11.7 Å². The van der Waals surface area contributed by atoms with Crippen LogP contribution in [0.1, 0.15) is 39.5 Å². The van der Waals surface area contributed by atoms with Gasteiger partial charge in [-0.3, -0.25) is 0 Å². The second kappa shape index (κ2) is 5.26. The van der Waals surface area contributed by atoms with Crippen LogP contribution in [0.3, 0.4) is 0 Å². The van der Waals surface area contributed by atoms with E-state index in [4.69, 9.17) is 0 Å². The Morgan fingerprint density at radius 2 is 1.71 bits per heavy atom. The Balaban J connectivity index is 2.48. The Bertz CT molecular complexity index is 480. The Labute approximate surface area is 112 Å². The number of halogens is 1. The monoisotopic (exact) mass is 293 g/mol. The molecule has 0 bridgehead atoms. The van der Waals surface area contributed by atoms with Crippen molar-refractivity contribution >= 4 is 26.8 Å². The predicted octanol–water partition coefficient (Wildman–Crippen LogP) is 5.29. The highest BCUT2D eigenvalue weighted by atomic mass is 79.9. The molecule has 1 aromatic carbocycles. The molecular weight excluding hydrogens is 274 g/mol. The molecule has 0 atom stereocenters. The molecule has 0 aliphatic carbocycles. The van der Waals surface area contributed by atoms with Crippen molar-refractivity contribution in [3.8, 4) is 0 Å². The molecule has 1 aromatic heterocycles. The third-order valence-corrected chi connectivity index (χ3v) is 4.47. The lowest BCUT2D eigenvalue weighted by Crippen LogP contribution is -2.25. The largest absolute Gasteiger partial charge is 0.332 e. The maximum absolute atomic E-state index is 3.98. The number of hydrogen-bond acceptors (Lipinski definition) is 0. The van der Waals surface area contributed by atoms with Crippen LogP contribution >= 0.6 is 15.9 Å².